The van der Waals surface area contributed by atoms with E-state index in [1.807, 2.05) is 61.9 Å². The maximum atomic E-state index is 4.63. The summed E-state index contributed by atoms with van der Waals surface area (Å²) in [4.78, 5) is 13.5. The number of hydrogen-bond acceptors (Lipinski definition) is 4. The lowest BCUT2D eigenvalue weighted by atomic mass is 10.0. The maximum Gasteiger partial charge on any atom is 0.127 e. The predicted octanol–water partition coefficient (Wildman–Crippen LogP) is 4.91. The van der Waals surface area contributed by atoms with Crippen molar-refractivity contribution in [1.82, 2.24) is 15.0 Å². The summed E-state index contributed by atoms with van der Waals surface area (Å²) in [6.07, 6.45) is 5.54. The standard InChI is InChI=1S/C22H18N4/c1-23-22-13-17(12-21(26-22)20-9-5-6-10-25-20)19-11-18(14-24-15-19)16-7-3-2-4-8-16/h2-15H,1H3,(H,23,26). The molecular weight excluding hydrogens is 320 g/mol. The lowest BCUT2D eigenvalue weighted by Crippen LogP contribution is -1.96. The molecule has 26 heavy (non-hydrogen) atoms. The van der Waals surface area contributed by atoms with Gasteiger partial charge in [0, 0.05) is 36.8 Å². The van der Waals surface area contributed by atoms with Crippen molar-refractivity contribution in [2.45, 2.75) is 0 Å². The van der Waals surface area contributed by atoms with Crippen LogP contribution in [0, 0.1) is 0 Å². The normalized spacial score (nSPS) is 10.5. The Hall–Kier alpha value is -3.53. The third-order valence-electron chi connectivity index (χ3n) is 4.19. The molecule has 4 heteroatoms. The van der Waals surface area contributed by atoms with Crippen LogP contribution in [-0.4, -0.2) is 22.0 Å². The van der Waals surface area contributed by atoms with Gasteiger partial charge in [-0.1, -0.05) is 36.4 Å². The van der Waals surface area contributed by atoms with E-state index in [9.17, 15) is 0 Å². The topological polar surface area (TPSA) is 50.7 Å². The minimum atomic E-state index is 0.799. The number of anilines is 1. The van der Waals surface area contributed by atoms with Gasteiger partial charge in [-0.05, 0) is 41.5 Å². The molecule has 0 aliphatic heterocycles. The minimum absolute atomic E-state index is 0.799. The largest absolute Gasteiger partial charge is 0.373 e. The van der Waals surface area contributed by atoms with Crippen LogP contribution in [0.2, 0.25) is 0 Å². The fraction of sp³-hybridized carbons (Fsp3) is 0.0455. The first kappa shape index (κ1) is 16.0. The van der Waals surface area contributed by atoms with Gasteiger partial charge in [0.1, 0.15) is 5.82 Å². The molecule has 3 aromatic heterocycles. The van der Waals surface area contributed by atoms with Gasteiger partial charge < -0.3 is 5.32 Å². The molecule has 4 nitrogen and oxygen atoms in total. The Morgan fingerprint density at radius 3 is 2.19 bits per heavy atom. The summed E-state index contributed by atoms with van der Waals surface area (Å²) in [7, 11) is 1.87. The van der Waals surface area contributed by atoms with Gasteiger partial charge >= 0.3 is 0 Å². The summed E-state index contributed by atoms with van der Waals surface area (Å²) >= 11 is 0. The molecule has 0 unspecified atom stereocenters. The Bertz CT molecular complexity index is 1010. The highest BCUT2D eigenvalue weighted by molar-refractivity contribution is 5.76. The lowest BCUT2D eigenvalue weighted by molar-refractivity contribution is 1.23. The monoisotopic (exact) mass is 338 g/mol. The maximum absolute atomic E-state index is 4.63. The third kappa shape index (κ3) is 3.30. The van der Waals surface area contributed by atoms with Crippen LogP contribution < -0.4 is 5.32 Å². The highest BCUT2D eigenvalue weighted by Gasteiger charge is 2.08. The second-order valence-corrected chi connectivity index (χ2v) is 5.92. The van der Waals surface area contributed by atoms with E-state index in [2.05, 4.69) is 44.5 Å². The number of pyridine rings is 3. The summed E-state index contributed by atoms with van der Waals surface area (Å²) in [6.45, 7) is 0. The van der Waals surface area contributed by atoms with Crippen molar-refractivity contribution in [2.24, 2.45) is 0 Å². The molecule has 0 aliphatic carbocycles. The van der Waals surface area contributed by atoms with Crippen LogP contribution in [0.5, 0.6) is 0 Å². The molecule has 0 bridgehead atoms. The first-order valence-corrected chi connectivity index (χ1v) is 8.45. The van der Waals surface area contributed by atoms with Crippen molar-refractivity contribution in [2.75, 3.05) is 12.4 Å². The summed E-state index contributed by atoms with van der Waals surface area (Å²) < 4.78 is 0. The van der Waals surface area contributed by atoms with Crippen LogP contribution in [0.3, 0.4) is 0 Å². The molecule has 0 saturated carbocycles. The number of benzene rings is 1. The van der Waals surface area contributed by atoms with Crippen LogP contribution in [0.15, 0.2) is 85.3 Å². The molecule has 3 heterocycles. The molecule has 126 valence electrons. The number of nitrogens with one attached hydrogen (secondary N) is 1. The molecule has 0 spiro atoms. The molecule has 4 aromatic rings. The van der Waals surface area contributed by atoms with Gasteiger partial charge in [0.2, 0.25) is 0 Å². The zero-order valence-corrected chi connectivity index (χ0v) is 14.4. The highest BCUT2D eigenvalue weighted by atomic mass is 15.0. The number of hydrogen-bond donors (Lipinski definition) is 1. The Morgan fingerprint density at radius 1 is 0.692 bits per heavy atom. The van der Waals surface area contributed by atoms with E-state index in [-0.39, 0.29) is 0 Å². The van der Waals surface area contributed by atoms with Crippen LogP contribution in [0.4, 0.5) is 5.82 Å². The second kappa shape index (κ2) is 7.15. The highest BCUT2D eigenvalue weighted by Crippen LogP contribution is 2.29. The first-order chi connectivity index (χ1) is 12.8. The van der Waals surface area contributed by atoms with Crippen molar-refractivity contribution < 1.29 is 0 Å². The van der Waals surface area contributed by atoms with E-state index in [1.54, 1.807) is 6.20 Å². The molecule has 0 atom stereocenters. The van der Waals surface area contributed by atoms with Gasteiger partial charge in [0.25, 0.3) is 0 Å². The van der Waals surface area contributed by atoms with Gasteiger partial charge in [-0.3, -0.25) is 9.97 Å². The van der Waals surface area contributed by atoms with Gasteiger partial charge in [0.05, 0.1) is 11.4 Å². The summed E-state index contributed by atoms with van der Waals surface area (Å²) in [5.41, 5.74) is 6.01. The Kier molecular flexibility index (Phi) is 4.39. The van der Waals surface area contributed by atoms with E-state index in [0.717, 1.165) is 39.5 Å². The quantitative estimate of drug-likeness (QED) is 0.574. The summed E-state index contributed by atoms with van der Waals surface area (Å²) in [5, 5.41) is 3.13. The van der Waals surface area contributed by atoms with Gasteiger partial charge in [-0.15, -0.1) is 0 Å². The molecule has 0 fully saturated rings. The van der Waals surface area contributed by atoms with E-state index < -0.39 is 0 Å². The number of rotatable bonds is 4. The average Bonchev–Trinajstić information content (AvgIpc) is 2.75. The van der Waals surface area contributed by atoms with E-state index in [0.29, 0.717) is 0 Å². The van der Waals surface area contributed by atoms with Crippen molar-refractivity contribution in [3.05, 3.63) is 85.3 Å². The Morgan fingerprint density at radius 2 is 1.46 bits per heavy atom. The Labute approximate surface area is 152 Å². The third-order valence-corrected chi connectivity index (χ3v) is 4.19. The van der Waals surface area contributed by atoms with Crippen LogP contribution in [0.25, 0.3) is 33.6 Å². The average molecular weight is 338 g/mol. The zero-order chi connectivity index (χ0) is 17.8. The Balaban J connectivity index is 1.81. The van der Waals surface area contributed by atoms with Crippen LogP contribution in [-0.2, 0) is 0 Å². The van der Waals surface area contributed by atoms with Crippen molar-refractivity contribution in [3.63, 3.8) is 0 Å². The SMILES string of the molecule is CNc1cc(-c2cncc(-c3ccccc3)c2)cc(-c2ccccn2)n1. The van der Waals surface area contributed by atoms with Crippen LogP contribution in [0.1, 0.15) is 0 Å². The van der Waals surface area contributed by atoms with Crippen molar-refractivity contribution >= 4 is 5.82 Å². The fourth-order valence-electron chi connectivity index (χ4n) is 2.86. The molecule has 1 N–H and O–H groups in total. The molecule has 1 aromatic carbocycles. The number of nitrogens with zero attached hydrogens (tertiary/aromatic N) is 3. The molecule has 0 aliphatic rings. The van der Waals surface area contributed by atoms with Crippen molar-refractivity contribution in [1.29, 1.82) is 0 Å². The van der Waals surface area contributed by atoms with Gasteiger partial charge in [-0.25, -0.2) is 4.98 Å². The zero-order valence-electron chi connectivity index (χ0n) is 14.4. The van der Waals surface area contributed by atoms with E-state index >= 15 is 0 Å². The molecule has 0 amide bonds. The van der Waals surface area contributed by atoms with E-state index in [4.69, 9.17) is 0 Å². The smallest absolute Gasteiger partial charge is 0.127 e. The number of aromatic nitrogens is 3. The van der Waals surface area contributed by atoms with Crippen LogP contribution >= 0.6 is 0 Å². The fourth-order valence-corrected chi connectivity index (χ4v) is 2.86. The van der Waals surface area contributed by atoms with Gasteiger partial charge in [-0.2, -0.15) is 0 Å². The molecule has 0 radical (unpaired) electrons. The molecule has 4 rings (SSSR count). The molecule has 0 saturated heterocycles. The predicted molar refractivity (Wildman–Crippen MR) is 106 cm³/mol. The summed E-state index contributed by atoms with van der Waals surface area (Å²) in [6, 6.07) is 22.3. The van der Waals surface area contributed by atoms with Gasteiger partial charge in [0.15, 0.2) is 0 Å². The second-order valence-electron chi connectivity index (χ2n) is 5.92. The molecular formula is C22H18N4. The van der Waals surface area contributed by atoms with Crippen molar-refractivity contribution in [3.8, 4) is 33.6 Å². The minimum Gasteiger partial charge on any atom is -0.373 e. The summed E-state index contributed by atoms with van der Waals surface area (Å²) in [5.74, 6) is 0.799. The van der Waals surface area contributed by atoms with E-state index in [1.165, 1.54) is 0 Å². The first-order valence-electron chi connectivity index (χ1n) is 8.45. The lowest BCUT2D eigenvalue weighted by Gasteiger charge is -2.10.